The summed E-state index contributed by atoms with van der Waals surface area (Å²) in [6.45, 7) is 4.47. The van der Waals surface area contributed by atoms with E-state index in [4.69, 9.17) is 5.73 Å². The largest absolute Gasteiger partial charge is 0.325 e. The molecule has 1 nitrogen and oxygen atoms in total. The van der Waals surface area contributed by atoms with Crippen LogP contribution in [-0.2, 0) is 6.42 Å². The summed E-state index contributed by atoms with van der Waals surface area (Å²) in [5.74, 6) is -0.150. The van der Waals surface area contributed by atoms with Crippen LogP contribution in [0.3, 0.4) is 0 Å². The quantitative estimate of drug-likeness (QED) is 0.876. The van der Waals surface area contributed by atoms with Crippen LogP contribution in [0.4, 0.5) is 4.39 Å². The maximum absolute atomic E-state index is 13.7. The lowest BCUT2D eigenvalue weighted by molar-refractivity contribution is 0.332. The van der Waals surface area contributed by atoms with Gasteiger partial charge in [-0.25, -0.2) is 4.39 Å². The van der Waals surface area contributed by atoms with Gasteiger partial charge < -0.3 is 5.73 Å². The molecule has 1 aromatic rings. The van der Waals surface area contributed by atoms with Crippen LogP contribution in [0.25, 0.3) is 0 Å². The molecule has 0 saturated heterocycles. The summed E-state index contributed by atoms with van der Waals surface area (Å²) in [5.41, 5.74) is 7.17. The highest BCUT2D eigenvalue weighted by Crippen LogP contribution is 2.43. The van der Waals surface area contributed by atoms with Gasteiger partial charge in [0, 0.05) is 10.0 Å². The van der Waals surface area contributed by atoms with Crippen molar-refractivity contribution in [1.29, 1.82) is 0 Å². The van der Waals surface area contributed by atoms with Gasteiger partial charge in [-0.05, 0) is 54.9 Å². The Balaban J connectivity index is 2.18. The average Bonchev–Trinajstić information content (AvgIpc) is 2.47. The van der Waals surface area contributed by atoms with Crippen LogP contribution in [0.5, 0.6) is 0 Å². The van der Waals surface area contributed by atoms with Crippen LogP contribution in [-0.4, -0.2) is 5.54 Å². The smallest absolute Gasteiger partial charge is 0.126 e. The molecule has 1 atom stereocenters. The van der Waals surface area contributed by atoms with E-state index in [1.165, 1.54) is 6.07 Å². The Hall–Kier alpha value is -0.410. The van der Waals surface area contributed by atoms with Crippen molar-refractivity contribution in [3.8, 4) is 0 Å². The summed E-state index contributed by atoms with van der Waals surface area (Å²) in [6, 6.07) is 5.07. The summed E-state index contributed by atoms with van der Waals surface area (Å²) in [5, 5.41) is 0. The Labute approximate surface area is 111 Å². The topological polar surface area (TPSA) is 26.0 Å². The molecule has 0 bridgehead atoms. The number of nitrogens with two attached hydrogens (primary N) is 1. The molecule has 0 heterocycles. The molecular weight excluding hydrogens is 281 g/mol. The van der Waals surface area contributed by atoms with Crippen LogP contribution in [0.2, 0.25) is 0 Å². The molecule has 17 heavy (non-hydrogen) atoms. The number of hydrogen-bond donors (Lipinski definition) is 1. The lowest BCUT2D eigenvalue weighted by Gasteiger charge is -2.26. The van der Waals surface area contributed by atoms with E-state index in [0.717, 1.165) is 29.3 Å². The summed E-state index contributed by atoms with van der Waals surface area (Å²) < 4.78 is 14.6. The molecule has 1 aliphatic rings. The van der Waals surface area contributed by atoms with Crippen molar-refractivity contribution in [2.45, 2.75) is 45.1 Å². The molecule has 0 radical (unpaired) electrons. The summed E-state index contributed by atoms with van der Waals surface area (Å²) in [6.07, 6.45) is 3.69. The zero-order chi connectivity index (χ0) is 12.7. The summed E-state index contributed by atoms with van der Waals surface area (Å²) >= 11 is 3.38. The zero-order valence-corrected chi connectivity index (χ0v) is 12.0. The van der Waals surface area contributed by atoms with Crippen molar-refractivity contribution in [2.24, 2.45) is 11.1 Å². The van der Waals surface area contributed by atoms with Crippen molar-refractivity contribution in [3.05, 3.63) is 34.1 Å². The second-order valence-corrected chi connectivity index (χ2v) is 7.03. The minimum atomic E-state index is -0.245. The molecule has 94 valence electrons. The first-order valence-corrected chi connectivity index (χ1v) is 6.82. The third-order valence-corrected chi connectivity index (χ3v) is 4.17. The Kier molecular flexibility index (Phi) is 3.34. The average molecular weight is 300 g/mol. The minimum Gasteiger partial charge on any atom is -0.325 e. The lowest BCUT2D eigenvalue weighted by atomic mass is 9.85. The maximum atomic E-state index is 13.7. The number of hydrogen-bond acceptors (Lipinski definition) is 1. The molecule has 3 heteroatoms. The Morgan fingerprint density at radius 2 is 2.06 bits per heavy atom. The van der Waals surface area contributed by atoms with E-state index in [1.807, 2.05) is 6.07 Å². The molecule has 1 saturated carbocycles. The van der Waals surface area contributed by atoms with Crippen molar-refractivity contribution in [3.63, 3.8) is 0 Å². The Morgan fingerprint density at radius 3 is 2.65 bits per heavy atom. The van der Waals surface area contributed by atoms with Crippen LogP contribution in [0.1, 0.15) is 38.7 Å². The van der Waals surface area contributed by atoms with E-state index in [-0.39, 0.29) is 16.8 Å². The van der Waals surface area contributed by atoms with E-state index < -0.39 is 0 Å². The van der Waals surface area contributed by atoms with Crippen molar-refractivity contribution < 1.29 is 4.39 Å². The van der Waals surface area contributed by atoms with Gasteiger partial charge in [-0.3, -0.25) is 0 Å². The Morgan fingerprint density at radius 1 is 1.35 bits per heavy atom. The normalized spacial score (nSPS) is 27.4. The molecule has 1 aromatic carbocycles. The highest BCUT2D eigenvalue weighted by atomic mass is 79.9. The monoisotopic (exact) mass is 299 g/mol. The fraction of sp³-hybridized carbons (Fsp3) is 0.571. The number of rotatable bonds is 2. The van der Waals surface area contributed by atoms with E-state index in [9.17, 15) is 4.39 Å². The third kappa shape index (κ3) is 3.08. The molecule has 0 aromatic heterocycles. The van der Waals surface area contributed by atoms with Gasteiger partial charge in [0.1, 0.15) is 5.82 Å². The molecule has 0 aliphatic heterocycles. The second kappa shape index (κ2) is 4.36. The first-order chi connectivity index (χ1) is 7.80. The van der Waals surface area contributed by atoms with E-state index >= 15 is 0 Å². The Bertz CT molecular complexity index is 430. The molecule has 0 amide bonds. The van der Waals surface area contributed by atoms with Crippen LogP contribution < -0.4 is 5.73 Å². The van der Waals surface area contributed by atoms with Crippen LogP contribution >= 0.6 is 15.9 Å². The summed E-state index contributed by atoms with van der Waals surface area (Å²) in [7, 11) is 0. The number of halogens is 2. The van der Waals surface area contributed by atoms with Crippen LogP contribution in [0, 0.1) is 11.2 Å². The summed E-state index contributed by atoms with van der Waals surface area (Å²) in [4.78, 5) is 0. The highest BCUT2D eigenvalue weighted by molar-refractivity contribution is 9.10. The first kappa shape index (κ1) is 13.0. The van der Waals surface area contributed by atoms with Gasteiger partial charge in [-0.1, -0.05) is 29.8 Å². The number of benzene rings is 1. The van der Waals surface area contributed by atoms with Gasteiger partial charge in [0.2, 0.25) is 0 Å². The van der Waals surface area contributed by atoms with Crippen LogP contribution in [0.15, 0.2) is 22.7 Å². The molecule has 0 spiro atoms. The zero-order valence-electron chi connectivity index (χ0n) is 10.4. The molecule has 1 aliphatic carbocycles. The van der Waals surface area contributed by atoms with Gasteiger partial charge in [-0.15, -0.1) is 0 Å². The highest BCUT2D eigenvalue weighted by Gasteiger charge is 2.40. The van der Waals surface area contributed by atoms with Gasteiger partial charge in [0.05, 0.1) is 0 Å². The minimum absolute atomic E-state index is 0.150. The standard InChI is InChI=1S/C14H19BrFN/c1-13(2)5-6-14(17,9-13)8-10-7-11(15)3-4-12(10)16/h3-4,7H,5-6,8-9,17H2,1-2H3. The molecule has 2 rings (SSSR count). The molecule has 1 unspecified atom stereocenters. The van der Waals surface area contributed by atoms with Gasteiger partial charge >= 0.3 is 0 Å². The molecule has 1 fully saturated rings. The molecular formula is C14H19BrFN. The third-order valence-electron chi connectivity index (χ3n) is 3.68. The van der Waals surface area contributed by atoms with Gasteiger partial charge in [0.25, 0.3) is 0 Å². The fourth-order valence-corrected chi connectivity index (χ4v) is 3.33. The molecule has 2 N–H and O–H groups in total. The predicted molar refractivity (Wildman–Crippen MR) is 72.4 cm³/mol. The van der Waals surface area contributed by atoms with Gasteiger partial charge in [0.15, 0.2) is 0 Å². The van der Waals surface area contributed by atoms with Crippen molar-refractivity contribution in [1.82, 2.24) is 0 Å². The van der Waals surface area contributed by atoms with Crippen molar-refractivity contribution >= 4 is 15.9 Å². The first-order valence-electron chi connectivity index (χ1n) is 6.03. The fourth-order valence-electron chi connectivity index (χ4n) is 2.93. The maximum Gasteiger partial charge on any atom is 0.126 e. The lowest BCUT2D eigenvalue weighted by Crippen LogP contribution is -2.40. The second-order valence-electron chi connectivity index (χ2n) is 6.12. The predicted octanol–water partition coefficient (Wildman–Crippen LogP) is 4.04. The van der Waals surface area contributed by atoms with E-state index in [0.29, 0.717) is 6.42 Å². The van der Waals surface area contributed by atoms with E-state index in [2.05, 4.69) is 29.8 Å². The van der Waals surface area contributed by atoms with Crippen molar-refractivity contribution in [2.75, 3.05) is 0 Å². The van der Waals surface area contributed by atoms with Gasteiger partial charge in [-0.2, -0.15) is 0 Å². The SMILES string of the molecule is CC1(C)CCC(N)(Cc2cc(Br)ccc2F)C1. The van der Waals surface area contributed by atoms with E-state index in [1.54, 1.807) is 6.07 Å².